The standard InChI is InChI=1S/C15H15BrClN/c1-10-7-12(9-13(16)8-10)15(17)11(2)14-5-3-4-6-18-14/h3-9,11,15H,1-2H3. The van der Waals surface area contributed by atoms with E-state index in [4.69, 9.17) is 11.6 Å². The van der Waals surface area contributed by atoms with Gasteiger partial charge in [0, 0.05) is 22.3 Å². The van der Waals surface area contributed by atoms with E-state index in [1.807, 2.05) is 24.4 Å². The van der Waals surface area contributed by atoms with Crippen LogP contribution < -0.4 is 0 Å². The lowest BCUT2D eigenvalue weighted by Gasteiger charge is -2.18. The van der Waals surface area contributed by atoms with Crippen molar-refractivity contribution in [1.29, 1.82) is 0 Å². The maximum atomic E-state index is 6.57. The monoisotopic (exact) mass is 323 g/mol. The van der Waals surface area contributed by atoms with E-state index in [0.717, 1.165) is 15.7 Å². The molecule has 0 aliphatic rings. The summed E-state index contributed by atoms with van der Waals surface area (Å²) in [5, 5.41) is -0.0731. The number of aryl methyl sites for hydroxylation is 1. The average molecular weight is 325 g/mol. The third-order valence-corrected chi connectivity index (χ3v) is 4.06. The molecular formula is C15H15BrClN. The molecule has 0 spiro atoms. The van der Waals surface area contributed by atoms with Gasteiger partial charge in [0.1, 0.15) is 0 Å². The first-order chi connectivity index (χ1) is 8.58. The van der Waals surface area contributed by atoms with Gasteiger partial charge in [0.25, 0.3) is 0 Å². The molecule has 1 aromatic carbocycles. The Hall–Kier alpha value is -0.860. The van der Waals surface area contributed by atoms with Gasteiger partial charge in [0.15, 0.2) is 0 Å². The summed E-state index contributed by atoms with van der Waals surface area (Å²) in [6, 6.07) is 12.2. The summed E-state index contributed by atoms with van der Waals surface area (Å²) in [7, 11) is 0. The lowest BCUT2D eigenvalue weighted by atomic mass is 9.96. The molecule has 0 radical (unpaired) electrons. The summed E-state index contributed by atoms with van der Waals surface area (Å²) in [5.74, 6) is 0.182. The number of alkyl halides is 1. The Labute approximate surface area is 121 Å². The number of hydrogen-bond donors (Lipinski definition) is 0. The van der Waals surface area contributed by atoms with Gasteiger partial charge in [-0.2, -0.15) is 0 Å². The minimum Gasteiger partial charge on any atom is -0.261 e. The minimum absolute atomic E-state index is 0.0731. The van der Waals surface area contributed by atoms with Crippen LogP contribution in [0.5, 0.6) is 0 Å². The number of benzene rings is 1. The van der Waals surface area contributed by atoms with Crippen LogP contribution in [-0.2, 0) is 0 Å². The highest BCUT2D eigenvalue weighted by Gasteiger charge is 2.19. The summed E-state index contributed by atoms with van der Waals surface area (Å²) in [6.45, 7) is 4.18. The molecule has 2 rings (SSSR count). The smallest absolute Gasteiger partial charge is 0.0666 e. The molecule has 2 unspecified atom stereocenters. The molecule has 3 heteroatoms. The zero-order valence-electron chi connectivity index (χ0n) is 10.4. The van der Waals surface area contributed by atoms with Gasteiger partial charge in [0.2, 0.25) is 0 Å². The molecule has 0 saturated heterocycles. The molecule has 0 amide bonds. The maximum Gasteiger partial charge on any atom is 0.0666 e. The molecule has 1 nitrogen and oxygen atoms in total. The van der Waals surface area contributed by atoms with Crippen LogP contribution in [0.1, 0.15) is 35.0 Å². The van der Waals surface area contributed by atoms with E-state index in [2.05, 4.69) is 53.0 Å². The molecular weight excluding hydrogens is 310 g/mol. The zero-order valence-corrected chi connectivity index (χ0v) is 12.7. The number of aromatic nitrogens is 1. The van der Waals surface area contributed by atoms with Gasteiger partial charge >= 0.3 is 0 Å². The minimum atomic E-state index is -0.0731. The quantitative estimate of drug-likeness (QED) is 0.704. The second-order valence-electron chi connectivity index (χ2n) is 4.51. The van der Waals surface area contributed by atoms with Crippen LogP contribution in [0.3, 0.4) is 0 Å². The topological polar surface area (TPSA) is 12.9 Å². The molecule has 1 aromatic heterocycles. The zero-order chi connectivity index (χ0) is 13.1. The van der Waals surface area contributed by atoms with Crippen LogP contribution in [-0.4, -0.2) is 4.98 Å². The highest BCUT2D eigenvalue weighted by atomic mass is 79.9. The summed E-state index contributed by atoms with van der Waals surface area (Å²) in [4.78, 5) is 4.37. The Morgan fingerprint density at radius 1 is 1.22 bits per heavy atom. The second-order valence-corrected chi connectivity index (χ2v) is 5.89. The molecule has 0 aliphatic carbocycles. The predicted molar refractivity (Wildman–Crippen MR) is 80.1 cm³/mol. The number of halogens is 2. The first kappa shape index (κ1) is 13.6. The van der Waals surface area contributed by atoms with Crippen LogP contribution >= 0.6 is 27.5 Å². The molecule has 0 aliphatic heterocycles. The lowest BCUT2D eigenvalue weighted by molar-refractivity contribution is 0.706. The fraction of sp³-hybridized carbons (Fsp3) is 0.267. The Bertz CT molecular complexity index is 507. The Morgan fingerprint density at radius 3 is 2.61 bits per heavy atom. The van der Waals surface area contributed by atoms with Crippen molar-refractivity contribution in [1.82, 2.24) is 4.98 Å². The van der Waals surface area contributed by atoms with E-state index < -0.39 is 0 Å². The fourth-order valence-corrected chi connectivity index (χ4v) is 2.89. The summed E-state index contributed by atoms with van der Waals surface area (Å²) in [6.07, 6.45) is 1.81. The lowest BCUT2D eigenvalue weighted by Crippen LogP contribution is -2.04. The molecule has 0 bridgehead atoms. The van der Waals surface area contributed by atoms with Gasteiger partial charge in [-0.25, -0.2) is 0 Å². The number of rotatable bonds is 3. The van der Waals surface area contributed by atoms with Crippen LogP contribution in [0, 0.1) is 6.92 Å². The van der Waals surface area contributed by atoms with Crippen molar-refractivity contribution in [2.24, 2.45) is 0 Å². The van der Waals surface area contributed by atoms with Gasteiger partial charge in [-0.1, -0.05) is 35.0 Å². The molecule has 2 atom stereocenters. The third-order valence-electron chi connectivity index (χ3n) is 2.98. The Balaban J connectivity index is 2.28. The van der Waals surface area contributed by atoms with Gasteiger partial charge in [-0.3, -0.25) is 4.98 Å². The Morgan fingerprint density at radius 2 is 2.00 bits per heavy atom. The first-order valence-corrected chi connectivity index (χ1v) is 7.13. The largest absolute Gasteiger partial charge is 0.261 e. The van der Waals surface area contributed by atoms with Gasteiger partial charge in [-0.05, 0) is 42.3 Å². The molecule has 2 aromatic rings. The number of pyridine rings is 1. The normalized spacial score (nSPS) is 14.2. The number of hydrogen-bond acceptors (Lipinski definition) is 1. The fourth-order valence-electron chi connectivity index (χ4n) is 2.01. The van der Waals surface area contributed by atoms with Crippen molar-refractivity contribution < 1.29 is 0 Å². The second kappa shape index (κ2) is 5.85. The van der Waals surface area contributed by atoms with Crippen molar-refractivity contribution in [3.63, 3.8) is 0 Å². The van der Waals surface area contributed by atoms with Crippen molar-refractivity contribution in [3.8, 4) is 0 Å². The van der Waals surface area contributed by atoms with Crippen LogP contribution in [0.15, 0.2) is 47.1 Å². The molecule has 18 heavy (non-hydrogen) atoms. The SMILES string of the molecule is Cc1cc(Br)cc(C(Cl)C(C)c2ccccn2)c1. The molecule has 0 saturated carbocycles. The summed E-state index contributed by atoms with van der Waals surface area (Å²) in [5.41, 5.74) is 3.36. The number of nitrogens with zero attached hydrogens (tertiary/aromatic N) is 1. The van der Waals surface area contributed by atoms with Crippen LogP contribution in [0.4, 0.5) is 0 Å². The highest BCUT2D eigenvalue weighted by molar-refractivity contribution is 9.10. The average Bonchev–Trinajstić information content (AvgIpc) is 2.37. The predicted octanol–water partition coefficient (Wildman–Crippen LogP) is 5.24. The van der Waals surface area contributed by atoms with Gasteiger partial charge in [0.05, 0.1) is 5.38 Å². The van der Waals surface area contributed by atoms with Crippen molar-refractivity contribution in [3.05, 3.63) is 63.9 Å². The van der Waals surface area contributed by atoms with Crippen molar-refractivity contribution >= 4 is 27.5 Å². The molecule has 1 heterocycles. The first-order valence-electron chi connectivity index (χ1n) is 5.90. The van der Waals surface area contributed by atoms with Crippen molar-refractivity contribution in [2.45, 2.75) is 25.1 Å². The third kappa shape index (κ3) is 3.12. The van der Waals surface area contributed by atoms with Crippen LogP contribution in [0.2, 0.25) is 0 Å². The molecule has 94 valence electrons. The molecule has 0 N–H and O–H groups in total. The molecule has 0 fully saturated rings. The van der Waals surface area contributed by atoms with E-state index in [-0.39, 0.29) is 11.3 Å². The Kier molecular flexibility index (Phi) is 4.41. The highest BCUT2D eigenvalue weighted by Crippen LogP contribution is 2.36. The van der Waals surface area contributed by atoms with E-state index in [1.165, 1.54) is 5.56 Å². The van der Waals surface area contributed by atoms with E-state index in [9.17, 15) is 0 Å². The van der Waals surface area contributed by atoms with E-state index in [1.54, 1.807) is 0 Å². The summed E-state index contributed by atoms with van der Waals surface area (Å²) >= 11 is 10.1. The van der Waals surface area contributed by atoms with E-state index in [0.29, 0.717) is 0 Å². The van der Waals surface area contributed by atoms with Gasteiger partial charge in [-0.15, -0.1) is 11.6 Å². The maximum absolute atomic E-state index is 6.57. The van der Waals surface area contributed by atoms with Crippen LogP contribution in [0.25, 0.3) is 0 Å². The van der Waals surface area contributed by atoms with Gasteiger partial charge < -0.3 is 0 Å². The van der Waals surface area contributed by atoms with Crippen molar-refractivity contribution in [2.75, 3.05) is 0 Å². The summed E-state index contributed by atoms with van der Waals surface area (Å²) < 4.78 is 1.07. The van der Waals surface area contributed by atoms with E-state index >= 15 is 0 Å².